The van der Waals surface area contributed by atoms with Crippen molar-refractivity contribution in [2.24, 2.45) is 4.99 Å². The van der Waals surface area contributed by atoms with Crippen LogP contribution >= 0.6 is 0 Å². The van der Waals surface area contributed by atoms with E-state index in [2.05, 4.69) is 37.9 Å². The van der Waals surface area contributed by atoms with Crippen molar-refractivity contribution in [3.05, 3.63) is 41.1 Å². The van der Waals surface area contributed by atoms with Crippen LogP contribution in [0, 0.1) is 6.92 Å². The fraction of sp³-hybridized carbons (Fsp3) is 0.526. The summed E-state index contributed by atoms with van der Waals surface area (Å²) < 4.78 is 11.8. The molecule has 1 saturated heterocycles. The summed E-state index contributed by atoms with van der Waals surface area (Å²) in [6, 6.07) is 4.95. The Hall–Kier alpha value is -2.01. The lowest BCUT2D eigenvalue weighted by Gasteiger charge is -2.20. The van der Waals surface area contributed by atoms with Crippen LogP contribution in [-0.2, 0) is 16.6 Å². The highest BCUT2D eigenvalue weighted by atomic mass is 16.6. The fourth-order valence-electron chi connectivity index (χ4n) is 3.69. The van der Waals surface area contributed by atoms with E-state index in [0.29, 0.717) is 19.2 Å². The van der Waals surface area contributed by atoms with Crippen LogP contribution in [0.5, 0.6) is 5.75 Å². The summed E-state index contributed by atoms with van der Waals surface area (Å²) in [5, 5.41) is 9.51. The van der Waals surface area contributed by atoms with Crippen LogP contribution in [0.2, 0.25) is 0 Å². The van der Waals surface area contributed by atoms with E-state index < -0.39 is 6.23 Å². The first-order chi connectivity index (χ1) is 11.4. The normalized spacial score (nSPS) is 26.7. The molecule has 24 heavy (non-hydrogen) atoms. The van der Waals surface area contributed by atoms with Gasteiger partial charge in [0, 0.05) is 6.20 Å². The van der Waals surface area contributed by atoms with Crippen molar-refractivity contribution in [3.8, 4) is 5.75 Å². The van der Waals surface area contributed by atoms with Crippen molar-refractivity contribution >= 4 is 6.02 Å². The maximum absolute atomic E-state index is 9.51. The van der Waals surface area contributed by atoms with Crippen LogP contribution in [0.4, 0.5) is 0 Å². The molecular formula is C19H24N2O3. The molecule has 0 spiro atoms. The van der Waals surface area contributed by atoms with Gasteiger partial charge in [0.15, 0.2) is 12.3 Å². The van der Waals surface area contributed by atoms with Gasteiger partial charge in [-0.25, -0.2) is 0 Å². The first-order valence-electron chi connectivity index (χ1n) is 8.57. The molecule has 128 valence electrons. The Morgan fingerprint density at radius 1 is 1.42 bits per heavy atom. The summed E-state index contributed by atoms with van der Waals surface area (Å²) in [6.07, 6.45) is 4.88. The average molecular weight is 328 g/mol. The summed E-state index contributed by atoms with van der Waals surface area (Å²) in [5.74, 6) is 0.942. The topological polar surface area (TPSA) is 54.3 Å². The smallest absolute Gasteiger partial charge is 0.294 e. The van der Waals surface area contributed by atoms with Gasteiger partial charge < -0.3 is 14.6 Å². The molecule has 0 saturated carbocycles. The van der Waals surface area contributed by atoms with Gasteiger partial charge in [0.25, 0.3) is 6.02 Å². The van der Waals surface area contributed by atoms with Gasteiger partial charge in [0.1, 0.15) is 12.4 Å². The largest absolute Gasteiger partial charge is 0.489 e. The second-order valence-corrected chi connectivity index (χ2v) is 7.53. The number of hydrogen-bond acceptors (Lipinski definition) is 5. The van der Waals surface area contributed by atoms with E-state index in [1.807, 2.05) is 11.1 Å². The van der Waals surface area contributed by atoms with Gasteiger partial charge in [-0.05, 0) is 54.0 Å². The molecule has 5 heteroatoms. The van der Waals surface area contributed by atoms with Crippen molar-refractivity contribution in [2.45, 2.75) is 51.4 Å². The number of benzene rings is 1. The maximum atomic E-state index is 9.51. The molecule has 1 N–H and O–H groups in total. The minimum absolute atomic E-state index is 0.0807. The lowest BCUT2D eigenvalue weighted by molar-refractivity contribution is 0.143. The van der Waals surface area contributed by atoms with Crippen molar-refractivity contribution in [3.63, 3.8) is 0 Å². The van der Waals surface area contributed by atoms with Crippen LogP contribution < -0.4 is 4.74 Å². The summed E-state index contributed by atoms with van der Waals surface area (Å²) in [4.78, 5) is 5.97. The van der Waals surface area contributed by atoms with Gasteiger partial charge >= 0.3 is 0 Å². The molecule has 2 aliphatic heterocycles. The van der Waals surface area contributed by atoms with Gasteiger partial charge in [-0.1, -0.05) is 19.9 Å². The van der Waals surface area contributed by atoms with Crippen molar-refractivity contribution in [1.29, 1.82) is 0 Å². The minimum Gasteiger partial charge on any atom is -0.489 e. The van der Waals surface area contributed by atoms with Crippen molar-refractivity contribution in [2.75, 3.05) is 13.2 Å². The average Bonchev–Trinajstić information content (AvgIpc) is 3.06. The number of amidine groups is 1. The number of rotatable bonds is 3. The highest BCUT2D eigenvalue weighted by Crippen LogP contribution is 2.41. The summed E-state index contributed by atoms with van der Waals surface area (Å²) >= 11 is 0. The second kappa shape index (κ2) is 5.52. The van der Waals surface area contributed by atoms with Crippen LogP contribution in [0.25, 0.3) is 0 Å². The van der Waals surface area contributed by atoms with E-state index >= 15 is 0 Å². The zero-order valence-corrected chi connectivity index (χ0v) is 14.5. The zero-order chi connectivity index (χ0) is 16.9. The molecule has 4 rings (SSSR count). The first kappa shape index (κ1) is 15.5. The Morgan fingerprint density at radius 2 is 2.25 bits per heavy atom. The molecule has 0 radical (unpaired) electrons. The molecule has 1 aliphatic carbocycles. The maximum Gasteiger partial charge on any atom is 0.294 e. The first-order valence-corrected chi connectivity index (χ1v) is 8.57. The van der Waals surface area contributed by atoms with Gasteiger partial charge in [0.2, 0.25) is 0 Å². The summed E-state index contributed by atoms with van der Waals surface area (Å²) in [7, 11) is 0. The lowest BCUT2D eigenvalue weighted by Crippen LogP contribution is -2.26. The third kappa shape index (κ3) is 2.67. The number of aryl methyl sites for hydroxylation is 2. The number of aliphatic imine (C=N–C) groups is 1. The van der Waals surface area contributed by atoms with E-state index in [9.17, 15) is 5.11 Å². The Balaban J connectivity index is 1.44. The van der Waals surface area contributed by atoms with Gasteiger partial charge in [-0.15, -0.1) is 0 Å². The van der Waals surface area contributed by atoms with E-state index in [-0.39, 0.29) is 11.5 Å². The Morgan fingerprint density at radius 3 is 3.08 bits per heavy atom. The third-order valence-corrected chi connectivity index (χ3v) is 5.17. The molecule has 5 nitrogen and oxygen atoms in total. The van der Waals surface area contributed by atoms with E-state index in [4.69, 9.17) is 9.47 Å². The van der Waals surface area contributed by atoms with E-state index in [0.717, 1.165) is 12.2 Å². The number of hydrogen-bond donors (Lipinski definition) is 1. The van der Waals surface area contributed by atoms with Crippen LogP contribution in [0.1, 0.15) is 37.0 Å². The van der Waals surface area contributed by atoms with E-state index in [1.165, 1.54) is 23.1 Å². The number of aliphatic hydroxyl groups is 1. The van der Waals surface area contributed by atoms with Crippen LogP contribution in [-0.4, -0.2) is 41.5 Å². The SMILES string of the molecule is Cc1cc2c(cc1OCC1CN3C=CC(O)N=C3O1)CCC2(C)C. The molecule has 3 aliphatic rings. The number of fused-ring (bicyclic) bond motifs is 2. The number of nitrogens with zero attached hydrogens (tertiary/aromatic N) is 2. The highest BCUT2D eigenvalue weighted by Gasteiger charge is 2.32. The molecular weight excluding hydrogens is 304 g/mol. The minimum atomic E-state index is -0.807. The monoisotopic (exact) mass is 328 g/mol. The Labute approximate surface area is 142 Å². The van der Waals surface area contributed by atoms with Crippen molar-refractivity contribution < 1.29 is 14.6 Å². The number of ether oxygens (including phenoxy) is 2. The summed E-state index contributed by atoms with van der Waals surface area (Å²) in [6.45, 7) is 7.89. The standard InChI is InChI=1S/C19H24N2O3/c1-12-8-15-13(4-6-19(15,2)3)9-16(12)23-11-14-10-21-7-5-17(22)20-18(21)24-14/h5,7-9,14,17,22H,4,6,10-11H2,1-3H3. The Kier molecular flexibility index (Phi) is 3.57. The molecule has 2 unspecified atom stereocenters. The number of aliphatic hydroxyl groups excluding tert-OH is 1. The van der Waals surface area contributed by atoms with Gasteiger partial charge in [-0.3, -0.25) is 4.90 Å². The molecule has 0 amide bonds. The molecule has 2 atom stereocenters. The van der Waals surface area contributed by atoms with Gasteiger partial charge in [0.05, 0.1) is 6.54 Å². The van der Waals surface area contributed by atoms with Crippen molar-refractivity contribution in [1.82, 2.24) is 4.90 Å². The quantitative estimate of drug-likeness (QED) is 0.926. The van der Waals surface area contributed by atoms with Crippen LogP contribution in [0.3, 0.4) is 0 Å². The second-order valence-electron chi connectivity index (χ2n) is 7.53. The zero-order valence-electron chi connectivity index (χ0n) is 14.5. The molecule has 1 fully saturated rings. The predicted octanol–water partition coefficient (Wildman–Crippen LogP) is 2.50. The molecule has 2 heterocycles. The fourth-order valence-corrected chi connectivity index (χ4v) is 3.69. The summed E-state index contributed by atoms with van der Waals surface area (Å²) in [5.41, 5.74) is 4.30. The molecule has 0 bridgehead atoms. The van der Waals surface area contributed by atoms with E-state index in [1.54, 1.807) is 6.08 Å². The highest BCUT2D eigenvalue weighted by molar-refractivity contribution is 5.78. The lowest BCUT2D eigenvalue weighted by atomic mass is 9.86. The molecule has 1 aromatic carbocycles. The molecule has 0 aromatic heterocycles. The predicted molar refractivity (Wildman–Crippen MR) is 92.2 cm³/mol. The van der Waals surface area contributed by atoms with Gasteiger partial charge in [-0.2, -0.15) is 4.99 Å². The molecule has 1 aromatic rings. The van der Waals surface area contributed by atoms with Crippen LogP contribution in [0.15, 0.2) is 29.4 Å². The third-order valence-electron chi connectivity index (χ3n) is 5.17. The Bertz CT molecular complexity index is 724.